The van der Waals surface area contributed by atoms with Crippen LogP contribution in [0.25, 0.3) is 11.0 Å². The normalized spacial score (nSPS) is 23.2. The van der Waals surface area contributed by atoms with Gasteiger partial charge in [0.2, 0.25) is 11.8 Å². The van der Waals surface area contributed by atoms with Crippen LogP contribution in [0.1, 0.15) is 5.56 Å². The number of methoxy groups -OCH3 is 1. The maximum atomic E-state index is 13.0. The van der Waals surface area contributed by atoms with E-state index in [1.165, 1.54) is 5.56 Å². The summed E-state index contributed by atoms with van der Waals surface area (Å²) in [6, 6.07) is 11.8. The predicted octanol–water partition coefficient (Wildman–Crippen LogP) is 2.77. The first-order chi connectivity index (χ1) is 16.2. The van der Waals surface area contributed by atoms with Crippen LogP contribution >= 0.6 is 0 Å². The Morgan fingerprint density at radius 1 is 1.15 bits per heavy atom. The highest BCUT2D eigenvalue weighted by atomic mass is 16.6. The van der Waals surface area contributed by atoms with Gasteiger partial charge in [0.05, 0.1) is 24.5 Å². The fourth-order valence-corrected chi connectivity index (χ4v) is 5.15. The maximum absolute atomic E-state index is 13.0. The molecule has 33 heavy (non-hydrogen) atoms. The Bertz CT molecular complexity index is 1200. The Hall–Kier alpha value is -3.39. The number of benzene rings is 2. The number of carbonyl (C=O) groups is 1. The van der Waals surface area contributed by atoms with Crippen LogP contribution in [-0.4, -0.2) is 60.7 Å². The molecule has 1 saturated carbocycles. The van der Waals surface area contributed by atoms with Crippen LogP contribution in [0.3, 0.4) is 0 Å². The highest BCUT2D eigenvalue weighted by molar-refractivity contribution is 6.01. The molecule has 0 unspecified atom stereocenters. The number of carbonyl (C=O) groups excluding carboxylic acids is 1. The number of fused-ring (bicyclic) bond motifs is 3. The van der Waals surface area contributed by atoms with Gasteiger partial charge in [-0.1, -0.05) is 12.1 Å². The van der Waals surface area contributed by atoms with Crippen molar-refractivity contribution in [2.75, 3.05) is 45.3 Å². The van der Waals surface area contributed by atoms with Gasteiger partial charge in [0.1, 0.15) is 18.7 Å². The molecule has 0 bridgehead atoms. The lowest BCUT2D eigenvalue weighted by Crippen LogP contribution is -2.30. The zero-order chi connectivity index (χ0) is 22.4. The van der Waals surface area contributed by atoms with E-state index in [1.54, 1.807) is 13.3 Å². The van der Waals surface area contributed by atoms with Gasteiger partial charge in [-0.05, 0) is 48.1 Å². The summed E-state index contributed by atoms with van der Waals surface area (Å²) < 4.78 is 16.5. The van der Waals surface area contributed by atoms with Gasteiger partial charge in [0.15, 0.2) is 11.5 Å². The fourth-order valence-electron chi connectivity index (χ4n) is 5.15. The van der Waals surface area contributed by atoms with Crippen LogP contribution in [0.15, 0.2) is 42.6 Å². The second-order valence-electron chi connectivity index (χ2n) is 8.92. The quantitative estimate of drug-likeness (QED) is 0.623. The lowest BCUT2D eigenvalue weighted by Gasteiger charge is -2.21. The first-order valence-corrected chi connectivity index (χ1v) is 11.4. The molecule has 2 aliphatic heterocycles. The molecule has 3 heterocycles. The highest BCUT2D eigenvalue weighted by Crippen LogP contribution is 2.52. The van der Waals surface area contributed by atoms with Gasteiger partial charge in [-0.25, -0.2) is 9.97 Å². The molecular formula is C25H26N4O4. The van der Waals surface area contributed by atoms with E-state index in [9.17, 15) is 4.79 Å². The van der Waals surface area contributed by atoms with E-state index in [2.05, 4.69) is 32.3 Å². The second-order valence-corrected chi connectivity index (χ2v) is 8.92. The number of rotatable bonds is 6. The summed E-state index contributed by atoms with van der Waals surface area (Å²) in [5.74, 6) is 3.12. The number of nitrogens with zero attached hydrogens (tertiary/aromatic N) is 3. The highest BCUT2D eigenvalue weighted by Gasteiger charge is 2.59. The number of hydrogen-bond donors (Lipinski definition) is 1. The molecule has 3 aromatic rings. The van der Waals surface area contributed by atoms with Gasteiger partial charge in [0, 0.05) is 25.6 Å². The zero-order valence-corrected chi connectivity index (χ0v) is 18.5. The summed E-state index contributed by atoms with van der Waals surface area (Å²) in [6.07, 6.45) is 2.54. The second kappa shape index (κ2) is 8.19. The van der Waals surface area contributed by atoms with Gasteiger partial charge in [-0.2, -0.15) is 0 Å². The molecule has 8 heteroatoms. The Morgan fingerprint density at radius 3 is 2.79 bits per heavy atom. The van der Waals surface area contributed by atoms with Crippen molar-refractivity contribution in [1.82, 2.24) is 14.9 Å². The average molecular weight is 447 g/mol. The van der Waals surface area contributed by atoms with E-state index >= 15 is 0 Å². The lowest BCUT2D eigenvalue weighted by atomic mass is 10.1. The minimum absolute atomic E-state index is 0.0735. The molecule has 1 aromatic heterocycles. The summed E-state index contributed by atoms with van der Waals surface area (Å²) in [7, 11) is 1.56. The molecular weight excluding hydrogens is 420 g/mol. The predicted molar refractivity (Wildman–Crippen MR) is 123 cm³/mol. The van der Waals surface area contributed by atoms with Crippen LogP contribution in [0.4, 0.5) is 5.69 Å². The summed E-state index contributed by atoms with van der Waals surface area (Å²) in [4.78, 5) is 24.3. The molecule has 1 N–H and O–H groups in total. The molecule has 1 saturated heterocycles. The van der Waals surface area contributed by atoms with Crippen LogP contribution in [0.2, 0.25) is 0 Å². The van der Waals surface area contributed by atoms with Crippen molar-refractivity contribution in [2.24, 2.45) is 17.8 Å². The standard InChI is InChI=1S/C25H26N4O4/c1-31-22-12-26-18-3-2-4-19(24(18)28-22)27-25(30)23-16-13-29(14-17(16)23)8-7-15-5-6-20-21(11-15)33-10-9-32-20/h2-6,11-12,16-17,23H,7-10,13-14H2,1H3,(H,27,30)/t16-,17+,23+. The van der Waals surface area contributed by atoms with E-state index in [0.29, 0.717) is 42.1 Å². The number of anilines is 1. The van der Waals surface area contributed by atoms with Crippen LogP contribution < -0.4 is 19.5 Å². The molecule has 2 aromatic carbocycles. The van der Waals surface area contributed by atoms with Crippen LogP contribution in [-0.2, 0) is 11.2 Å². The third-order valence-electron chi connectivity index (χ3n) is 6.91. The van der Waals surface area contributed by atoms with E-state index in [-0.39, 0.29) is 11.8 Å². The van der Waals surface area contributed by atoms with Gasteiger partial charge < -0.3 is 24.4 Å². The number of hydrogen-bond acceptors (Lipinski definition) is 7. The molecule has 8 nitrogen and oxygen atoms in total. The van der Waals surface area contributed by atoms with E-state index in [4.69, 9.17) is 14.2 Å². The maximum Gasteiger partial charge on any atom is 0.232 e. The van der Waals surface area contributed by atoms with Gasteiger partial charge in [-0.15, -0.1) is 0 Å². The molecule has 3 atom stereocenters. The Morgan fingerprint density at radius 2 is 1.97 bits per heavy atom. The summed E-state index contributed by atoms with van der Waals surface area (Å²) in [5.41, 5.74) is 3.32. The summed E-state index contributed by atoms with van der Waals surface area (Å²) >= 11 is 0. The van der Waals surface area contributed by atoms with Gasteiger partial charge in [0.25, 0.3) is 0 Å². The number of amides is 1. The Balaban J connectivity index is 1.04. The van der Waals surface area contributed by atoms with Crippen molar-refractivity contribution in [3.05, 3.63) is 48.2 Å². The molecule has 1 aliphatic carbocycles. The number of likely N-dealkylation sites (tertiary alicyclic amines) is 1. The average Bonchev–Trinajstić information content (AvgIpc) is 3.37. The molecule has 0 radical (unpaired) electrons. The minimum Gasteiger partial charge on any atom is -0.486 e. The van der Waals surface area contributed by atoms with Crippen molar-refractivity contribution in [3.63, 3.8) is 0 Å². The SMILES string of the molecule is COc1cnc2cccc(NC(=O)[C@H]3[C@@H]4CN(CCc5ccc6c(c5)OCCO6)C[C@@H]43)c2n1. The third-order valence-corrected chi connectivity index (χ3v) is 6.91. The topological polar surface area (TPSA) is 85.8 Å². The van der Waals surface area contributed by atoms with E-state index in [0.717, 1.165) is 43.1 Å². The smallest absolute Gasteiger partial charge is 0.232 e. The largest absolute Gasteiger partial charge is 0.486 e. The van der Waals surface area contributed by atoms with Crippen molar-refractivity contribution in [1.29, 1.82) is 0 Å². The molecule has 1 amide bonds. The third kappa shape index (κ3) is 3.84. The Kier molecular flexibility index (Phi) is 5.02. The van der Waals surface area contributed by atoms with Crippen LogP contribution in [0, 0.1) is 17.8 Å². The molecule has 3 aliphatic rings. The molecule has 6 rings (SSSR count). The minimum atomic E-state index is 0.0735. The number of piperidine rings is 1. The van der Waals surface area contributed by atoms with Crippen LogP contribution in [0.5, 0.6) is 17.4 Å². The lowest BCUT2D eigenvalue weighted by molar-refractivity contribution is -0.118. The number of ether oxygens (including phenoxy) is 3. The number of aromatic nitrogens is 2. The molecule has 2 fully saturated rings. The molecule has 170 valence electrons. The van der Waals surface area contributed by atoms with Gasteiger partial charge in [-0.3, -0.25) is 4.79 Å². The van der Waals surface area contributed by atoms with E-state index < -0.39 is 0 Å². The number of para-hydroxylation sites is 1. The zero-order valence-electron chi connectivity index (χ0n) is 18.5. The summed E-state index contributed by atoms with van der Waals surface area (Å²) in [6.45, 7) is 4.14. The van der Waals surface area contributed by atoms with Crippen molar-refractivity contribution in [3.8, 4) is 17.4 Å². The van der Waals surface area contributed by atoms with Crippen molar-refractivity contribution >= 4 is 22.6 Å². The van der Waals surface area contributed by atoms with Crippen molar-refractivity contribution in [2.45, 2.75) is 6.42 Å². The van der Waals surface area contributed by atoms with Gasteiger partial charge >= 0.3 is 0 Å². The first-order valence-electron chi connectivity index (χ1n) is 11.4. The molecule has 0 spiro atoms. The fraction of sp³-hybridized carbons (Fsp3) is 0.400. The first kappa shape index (κ1) is 20.2. The van der Waals surface area contributed by atoms with Crippen molar-refractivity contribution < 1.29 is 19.0 Å². The number of nitrogens with one attached hydrogen (secondary N) is 1. The van der Waals surface area contributed by atoms with E-state index in [1.807, 2.05) is 24.3 Å². The summed E-state index contributed by atoms with van der Waals surface area (Å²) in [5, 5.41) is 3.09. The Labute approximate surface area is 191 Å². The monoisotopic (exact) mass is 446 g/mol.